The molecule has 0 saturated heterocycles. The Labute approximate surface area is 123 Å². The molecule has 110 valence electrons. The van der Waals surface area contributed by atoms with Crippen molar-refractivity contribution in [3.63, 3.8) is 0 Å². The number of benzene rings is 1. The average Bonchev–Trinajstić information content (AvgIpc) is 2.97. The summed E-state index contributed by atoms with van der Waals surface area (Å²) in [6, 6.07) is 9.68. The van der Waals surface area contributed by atoms with Gasteiger partial charge in [-0.15, -0.1) is 0 Å². The van der Waals surface area contributed by atoms with Crippen LogP contribution in [0, 0.1) is 0 Å². The molecule has 3 rings (SSSR count). The zero-order valence-corrected chi connectivity index (χ0v) is 12.1. The van der Waals surface area contributed by atoms with E-state index in [-0.39, 0.29) is 11.9 Å². The molecular weight excluding hydrogens is 266 g/mol. The number of ether oxygens (including phenoxy) is 1. The summed E-state index contributed by atoms with van der Waals surface area (Å²) in [5.41, 5.74) is 3.13. The first-order valence-corrected chi connectivity index (χ1v) is 7.23. The number of hydrogen-bond donors (Lipinski definition) is 2. The molecule has 2 heterocycles. The van der Waals surface area contributed by atoms with Crippen molar-refractivity contribution in [2.75, 3.05) is 6.54 Å². The van der Waals surface area contributed by atoms with Crippen LogP contribution in [-0.4, -0.2) is 22.5 Å². The van der Waals surface area contributed by atoms with Crippen molar-refractivity contribution in [3.05, 3.63) is 53.1 Å². The van der Waals surface area contributed by atoms with Gasteiger partial charge >= 0.3 is 5.97 Å². The zero-order chi connectivity index (χ0) is 14.7. The number of nitrogens with zero attached hydrogens (tertiary/aromatic N) is 1. The van der Waals surface area contributed by atoms with E-state index in [1.165, 1.54) is 0 Å². The van der Waals surface area contributed by atoms with Crippen molar-refractivity contribution in [2.45, 2.75) is 32.4 Å². The third-order valence-electron chi connectivity index (χ3n) is 3.71. The van der Waals surface area contributed by atoms with Gasteiger partial charge in [-0.25, -0.2) is 4.98 Å². The van der Waals surface area contributed by atoms with Gasteiger partial charge in [0.25, 0.3) is 0 Å². The lowest BCUT2D eigenvalue weighted by Gasteiger charge is -2.10. The maximum absolute atomic E-state index is 12.1. The van der Waals surface area contributed by atoms with Crippen molar-refractivity contribution >= 4 is 5.97 Å². The summed E-state index contributed by atoms with van der Waals surface area (Å²) in [5.74, 6) is 0.0685. The van der Waals surface area contributed by atoms with Crippen molar-refractivity contribution in [3.8, 4) is 0 Å². The molecule has 2 N–H and O–H groups in total. The number of H-pyrrole nitrogens is 1. The number of hydrogen-bond acceptors (Lipinski definition) is 4. The number of fused-ring (bicyclic) bond motifs is 1. The van der Waals surface area contributed by atoms with Gasteiger partial charge in [-0.1, -0.05) is 30.3 Å². The van der Waals surface area contributed by atoms with Crippen LogP contribution in [0.25, 0.3) is 0 Å². The summed E-state index contributed by atoms with van der Waals surface area (Å²) in [7, 11) is 0. The molecule has 21 heavy (non-hydrogen) atoms. The topological polar surface area (TPSA) is 67.0 Å². The van der Waals surface area contributed by atoms with E-state index < -0.39 is 0 Å². The first kappa shape index (κ1) is 13.8. The van der Waals surface area contributed by atoms with Crippen LogP contribution in [0.1, 0.15) is 35.6 Å². The molecule has 0 saturated carbocycles. The van der Waals surface area contributed by atoms with Gasteiger partial charge in [-0.2, -0.15) is 0 Å². The van der Waals surface area contributed by atoms with Crippen LogP contribution >= 0.6 is 0 Å². The van der Waals surface area contributed by atoms with Crippen LogP contribution in [0.2, 0.25) is 0 Å². The number of carbonyl (C=O) groups is 1. The molecule has 1 atom stereocenters. The van der Waals surface area contributed by atoms with Crippen molar-refractivity contribution in [2.24, 2.45) is 0 Å². The zero-order valence-electron chi connectivity index (χ0n) is 12.1. The van der Waals surface area contributed by atoms with Crippen molar-refractivity contribution in [1.29, 1.82) is 0 Å². The lowest BCUT2D eigenvalue weighted by molar-refractivity contribution is -0.146. The van der Waals surface area contributed by atoms with Gasteiger partial charge in [0.05, 0.1) is 11.4 Å². The van der Waals surface area contributed by atoms with Gasteiger partial charge in [0.1, 0.15) is 18.3 Å². The molecule has 1 aliphatic rings. The molecule has 1 aromatic heterocycles. The fraction of sp³-hybridized carbons (Fsp3) is 0.375. The standard InChI is InChI=1S/C16H19N3O2/c1-11(15-18-13-7-8-17-9-14(13)19-15)16(20)21-10-12-5-3-2-4-6-12/h2-6,11,17H,7-10H2,1H3,(H,18,19). The molecule has 0 fully saturated rings. The van der Waals surface area contributed by atoms with E-state index in [9.17, 15) is 4.79 Å². The first-order valence-electron chi connectivity index (χ1n) is 7.23. The summed E-state index contributed by atoms with van der Waals surface area (Å²) in [6.07, 6.45) is 0.900. The lowest BCUT2D eigenvalue weighted by Crippen LogP contribution is -2.23. The predicted molar refractivity (Wildman–Crippen MR) is 78.7 cm³/mol. The minimum atomic E-state index is -0.376. The van der Waals surface area contributed by atoms with E-state index in [1.807, 2.05) is 37.3 Å². The second-order valence-corrected chi connectivity index (χ2v) is 5.29. The molecule has 2 aromatic rings. The highest BCUT2D eigenvalue weighted by atomic mass is 16.5. The minimum absolute atomic E-state index is 0.252. The third-order valence-corrected chi connectivity index (χ3v) is 3.71. The molecule has 1 unspecified atom stereocenters. The normalized spacial score (nSPS) is 15.3. The number of nitrogens with one attached hydrogen (secondary N) is 2. The van der Waals surface area contributed by atoms with E-state index in [0.29, 0.717) is 12.4 Å². The smallest absolute Gasteiger partial charge is 0.316 e. The summed E-state index contributed by atoms with van der Waals surface area (Å²) in [4.78, 5) is 19.9. The van der Waals surface area contributed by atoms with E-state index in [0.717, 1.165) is 36.5 Å². The molecular formula is C16H19N3O2. The predicted octanol–water partition coefficient (Wildman–Crippen LogP) is 1.90. The number of carbonyl (C=O) groups excluding carboxylic acids is 1. The molecule has 5 nitrogen and oxygen atoms in total. The van der Waals surface area contributed by atoms with Crippen LogP contribution in [-0.2, 0) is 29.1 Å². The maximum atomic E-state index is 12.1. The second kappa shape index (κ2) is 6.10. The Balaban J connectivity index is 1.63. The quantitative estimate of drug-likeness (QED) is 0.842. The van der Waals surface area contributed by atoms with Gasteiger partial charge in [0.15, 0.2) is 0 Å². The fourth-order valence-corrected chi connectivity index (χ4v) is 2.41. The van der Waals surface area contributed by atoms with Gasteiger partial charge in [-0.05, 0) is 12.5 Å². The van der Waals surface area contributed by atoms with Gasteiger partial charge < -0.3 is 15.0 Å². The molecule has 0 amide bonds. The highest BCUT2D eigenvalue weighted by Crippen LogP contribution is 2.19. The molecule has 0 radical (unpaired) electrons. The number of rotatable bonds is 4. The first-order chi connectivity index (χ1) is 10.2. The maximum Gasteiger partial charge on any atom is 0.316 e. The van der Waals surface area contributed by atoms with Gasteiger partial charge in [0, 0.05) is 19.5 Å². The Morgan fingerprint density at radius 1 is 1.38 bits per heavy atom. The second-order valence-electron chi connectivity index (χ2n) is 5.29. The highest BCUT2D eigenvalue weighted by molar-refractivity contribution is 5.76. The van der Waals surface area contributed by atoms with Gasteiger partial charge in [0.2, 0.25) is 0 Å². The Kier molecular flexibility index (Phi) is 4.01. The number of aromatic amines is 1. The molecule has 0 aliphatic carbocycles. The Morgan fingerprint density at radius 2 is 2.19 bits per heavy atom. The summed E-state index contributed by atoms with van der Waals surface area (Å²) < 4.78 is 5.36. The Bertz CT molecular complexity index is 598. The molecule has 0 spiro atoms. The van der Waals surface area contributed by atoms with Crippen LogP contribution in [0.4, 0.5) is 0 Å². The number of aromatic nitrogens is 2. The van der Waals surface area contributed by atoms with Crippen LogP contribution in [0.15, 0.2) is 30.3 Å². The summed E-state index contributed by atoms with van der Waals surface area (Å²) in [5, 5.41) is 3.28. The minimum Gasteiger partial charge on any atom is -0.460 e. The van der Waals surface area contributed by atoms with E-state index in [1.54, 1.807) is 0 Å². The summed E-state index contributed by atoms with van der Waals surface area (Å²) in [6.45, 7) is 3.84. The summed E-state index contributed by atoms with van der Waals surface area (Å²) >= 11 is 0. The lowest BCUT2D eigenvalue weighted by atomic mass is 10.2. The van der Waals surface area contributed by atoms with Crippen LogP contribution < -0.4 is 5.32 Å². The SMILES string of the molecule is CC(C(=O)OCc1ccccc1)c1nc2c([nH]1)CNCC2. The fourth-order valence-electron chi connectivity index (χ4n) is 2.41. The Hall–Kier alpha value is -2.14. The van der Waals surface area contributed by atoms with Gasteiger partial charge in [-0.3, -0.25) is 4.79 Å². The third kappa shape index (κ3) is 3.13. The number of esters is 1. The molecule has 5 heteroatoms. The largest absolute Gasteiger partial charge is 0.460 e. The van der Waals surface area contributed by atoms with E-state index >= 15 is 0 Å². The Morgan fingerprint density at radius 3 is 2.95 bits per heavy atom. The average molecular weight is 285 g/mol. The monoisotopic (exact) mass is 285 g/mol. The van der Waals surface area contributed by atoms with E-state index in [4.69, 9.17) is 4.74 Å². The number of imidazole rings is 1. The van der Waals surface area contributed by atoms with Crippen LogP contribution in [0.3, 0.4) is 0 Å². The van der Waals surface area contributed by atoms with E-state index in [2.05, 4.69) is 15.3 Å². The van der Waals surface area contributed by atoms with Crippen molar-refractivity contribution < 1.29 is 9.53 Å². The highest BCUT2D eigenvalue weighted by Gasteiger charge is 2.23. The molecule has 1 aromatic carbocycles. The molecule has 0 bridgehead atoms. The van der Waals surface area contributed by atoms with Crippen LogP contribution in [0.5, 0.6) is 0 Å². The van der Waals surface area contributed by atoms with Crippen molar-refractivity contribution in [1.82, 2.24) is 15.3 Å². The molecule has 1 aliphatic heterocycles.